The molecule has 0 saturated carbocycles. The molecule has 0 atom stereocenters. The Hall–Kier alpha value is -2.39. The molecule has 0 fully saturated rings. The number of carbonyl (C=O) groups excluding carboxylic acids is 2. The zero-order valence-electron chi connectivity index (χ0n) is 11.9. The van der Waals surface area contributed by atoms with E-state index < -0.39 is 24.9 Å². The summed E-state index contributed by atoms with van der Waals surface area (Å²) in [4.78, 5) is 23.0. The molecule has 0 spiro atoms. The summed E-state index contributed by atoms with van der Waals surface area (Å²) in [6, 6.07) is 2.26. The number of esters is 2. The van der Waals surface area contributed by atoms with Gasteiger partial charge in [0.2, 0.25) is 0 Å². The van der Waals surface area contributed by atoms with Crippen molar-refractivity contribution in [1.82, 2.24) is 0 Å². The van der Waals surface area contributed by atoms with E-state index in [1.54, 1.807) is 0 Å². The zero-order chi connectivity index (χ0) is 16.3. The summed E-state index contributed by atoms with van der Waals surface area (Å²) in [6.45, 7) is 0.0335. The van der Waals surface area contributed by atoms with E-state index in [-0.39, 0.29) is 23.5 Å². The summed E-state index contributed by atoms with van der Waals surface area (Å²) in [5.74, 6) is -2.24. The van der Waals surface area contributed by atoms with Crippen LogP contribution in [0.15, 0.2) is 23.9 Å². The lowest BCUT2D eigenvalue weighted by molar-refractivity contribution is -0.138. The van der Waals surface area contributed by atoms with Gasteiger partial charge in [-0.2, -0.15) is 0 Å². The third-order valence-electron chi connectivity index (χ3n) is 3.04. The molecular formula is C13H13BFNO6. The molecule has 0 amide bonds. The molecule has 2 N–H and O–H groups in total. The molecule has 0 aliphatic carbocycles. The summed E-state index contributed by atoms with van der Waals surface area (Å²) in [5.41, 5.74) is 0.689. The SMILES string of the molecule is COC(=O)/C=C(/Nc1cc(F)cc2c1COB2O)C(=O)OC. The van der Waals surface area contributed by atoms with E-state index in [0.29, 0.717) is 5.56 Å². The number of nitrogens with one attached hydrogen (secondary N) is 1. The molecule has 1 heterocycles. The maximum atomic E-state index is 13.6. The van der Waals surface area contributed by atoms with Crippen LogP contribution >= 0.6 is 0 Å². The number of fused-ring (bicyclic) bond motifs is 1. The average Bonchev–Trinajstić information content (AvgIpc) is 2.87. The van der Waals surface area contributed by atoms with E-state index in [0.717, 1.165) is 32.4 Å². The van der Waals surface area contributed by atoms with Gasteiger partial charge in [0.25, 0.3) is 0 Å². The Kier molecular flexibility index (Phi) is 4.79. The van der Waals surface area contributed by atoms with E-state index in [1.165, 1.54) is 0 Å². The maximum Gasteiger partial charge on any atom is 0.491 e. The Morgan fingerprint density at radius 1 is 1.41 bits per heavy atom. The van der Waals surface area contributed by atoms with Gasteiger partial charge in [0.15, 0.2) is 0 Å². The number of rotatable bonds is 4. The molecule has 1 aromatic rings. The highest BCUT2D eigenvalue weighted by molar-refractivity contribution is 6.61. The van der Waals surface area contributed by atoms with E-state index in [2.05, 4.69) is 14.8 Å². The van der Waals surface area contributed by atoms with Gasteiger partial charge in [-0.25, -0.2) is 14.0 Å². The average molecular weight is 309 g/mol. The van der Waals surface area contributed by atoms with Crippen LogP contribution in [0.5, 0.6) is 0 Å². The summed E-state index contributed by atoms with van der Waals surface area (Å²) in [5, 5.41) is 12.2. The minimum atomic E-state index is -1.24. The molecule has 0 aromatic heterocycles. The lowest BCUT2D eigenvalue weighted by Gasteiger charge is -2.12. The fraction of sp³-hybridized carbons (Fsp3) is 0.231. The molecule has 1 aliphatic rings. The maximum absolute atomic E-state index is 13.6. The molecule has 0 unspecified atom stereocenters. The first-order valence-electron chi connectivity index (χ1n) is 6.23. The summed E-state index contributed by atoms with van der Waals surface area (Å²) < 4.78 is 27.6. The topological polar surface area (TPSA) is 94.1 Å². The lowest BCUT2D eigenvalue weighted by Crippen LogP contribution is -2.29. The molecule has 9 heteroatoms. The van der Waals surface area contributed by atoms with Crippen LogP contribution in [0.4, 0.5) is 10.1 Å². The highest BCUT2D eigenvalue weighted by atomic mass is 19.1. The minimum Gasteiger partial charge on any atom is -0.466 e. The van der Waals surface area contributed by atoms with Crippen molar-refractivity contribution in [3.05, 3.63) is 35.3 Å². The Bertz CT molecular complexity index is 648. The van der Waals surface area contributed by atoms with Crippen molar-refractivity contribution in [3.8, 4) is 0 Å². The lowest BCUT2D eigenvalue weighted by atomic mass is 9.79. The van der Waals surface area contributed by atoms with Gasteiger partial charge in [-0.15, -0.1) is 0 Å². The predicted octanol–water partition coefficient (Wildman–Crippen LogP) is -0.315. The van der Waals surface area contributed by atoms with Crippen LogP contribution in [0.2, 0.25) is 0 Å². The second-order valence-corrected chi connectivity index (χ2v) is 4.38. The molecule has 0 bridgehead atoms. The van der Waals surface area contributed by atoms with Crippen molar-refractivity contribution in [1.29, 1.82) is 0 Å². The molecule has 7 nitrogen and oxygen atoms in total. The second-order valence-electron chi connectivity index (χ2n) is 4.38. The molecule has 1 aliphatic heterocycles. The normalized spacial score (nSPS) is 13.6. The van der Waals surface area contributed by atoms with Crippen LogP contribution in [-0.2, 0) is 30.3 Å². The van der Waals surface area contributed by atoms with Gasteiger partial charge in [0.05, 0.1) is 26.9 Å². The van der Waals surface area contributed by atoms with Gasteiger partial charge in [0, 0.05) is 5.69 Å². The van der Waals surface area contributed by atoms with Crippen molar-refractivity contribution in [2.75, 3.05) is 19.5 Å². The van der Waals surface area contributed by atoms with Crippen LogP contribution in [0.25, 0.3) is 0 Å². The number of hydrogen-bond donors (Lipinski definition) is 2. The molecule has 1 aromatic carbocycles. The van der Waals surface area contributed by atoms with Crippen LogP contribution in [0, 0.1) is 5.82 Å². The minimum absolute atomic E-state index is 0.0335. The summed E-state index contributed by atoms with van der Waals surface area (Å²) in [6.07, 6.45) is 0.884. The first kappa shape index (κ1) is 16.0. The molecule has 116 valence electrons. The van der Waals surface area contributed by atoms with Crippen molar-refractivity contribution >= 4 is 30.2 Å². The molecule has 2 rings (SSSR count). The van der Waals surface area contributed by atoms with Gasteiger partial charge in [-0.05, 0) is 23.2 Å². The number of halogens is 1. The highest BCUT2D eigenvalue weighted by Crippen LogP contribution is 2.23. The Morgan fingerprint density at radius 2 is 2.14 bits per heavy atom. The number of anilines is 1. The monoisotopic (exact) mass is 309 g/mol. The number of ether oxygens (including phenoxy) is 2. The standard InChI is InChI=1S/C13H13BFNO6/c1-20-12(17)5-11(13(18)21-2)16-10-4-7(15)3-9-8(10)6-22-14(9)19/h3-5,16,19H,6H2,1-2H3/b11-5+. The summed E-state index contributed by atoms with van der Waals surface area (Å²) >= 11 is 0. The van der Waals surface area contributed by atoms with Gasteiger partial charge in [0.1, 0.15) is 11.5 Å². The van der Waals surface area contributed by atoms with Crippen LogP contribution in [0.3, 0.4) is 0 Å². The number of hydrogen-bond acceptors (Lipinski definition) is 7. The van der Waals surface area contributed by atoms with E-state index in [4.69, 9.17) is 4.65 Å². The van der Waals surface area contributed by atoms with Crippen molar-refractivity contribution in [2.24, 2.45) is 0 Å². The van der Waals surface area contributed by atoms with Gasteiger partial charge >= 0.3 is 19.1 Å². The predicted molar refractivity (Wildman–Crippen MR) is 74.5 cm³/mol. The van der Waals surface area contributed by atoms with Crippen LogP contribution < -0.4 is 10.8 Å². The van der Waals surface area contributed by atoms with Gasteiger partial charge in [-0.3, -0.25) is 0 Å². The third kappa shape index (κ3) is 3.26. The van der Waals surface area contributed by atoms with E-state index in [1.807, 2.05) is 0 Å². The molecule has 22 heavy (non-hydrogen) atoms. The van der Waals surface area contributed by atoms with Crippen molar-refractivity contribution in [2.45, 2.75) is 6.61 Å². The first-order valence-corrected chi connectivity index (χ1v) is 6.23. The van der Waals surface area contributed by atoms with Crippen LogP contribution in [0.1, 0.15) is 5.56 Å². The number of methoxy groups -OCH3 is 2. The van der Waals surface area contributed by atoms with E-state index >= 15 is 0 Å². The number of carbonyl (C=O) groups is 2. The van der Waals surface area contributed by atoms with E-state index in [9.17, 15) is 19.0 Å². The fourth-order valence-electron chi connectivity index (χ4n) is 1.98. The largest absolute Gasteiger partial charge is 0.491 e. The Balaban J connectivity index is 2.39. The van der Waals surface area contributed by atoms with Crippen LogP contribution in [-0.4, -0.2) is 38.3 Å². The molecular weight excluding hydrogens is 296 g/mol. The number of benzene rings is 1. The zero-order valence-corrected chi connectivity index (χ0v) is 11.9. The molecule has 0 radical (unpaired) electrons. The molecule has 0 saturated heterocycles. The Morgan fingerprint density at radius 3 is 2.77 bits per heavy atom. The Labute approximate surface area is 125 Å². The van der Waals surface area contributed by atoms with Crippen molar-refractivity contribution < 1.29 is 33.1 Å². The van der Waals surface area contributed by atoms with Gasteiger partial charge in [-0.1, -0.05) is 0 Å². The summed E-state index contributed by atoms with van der Waals surface area (Å²) in [7, 11) is 1.05. The second kappa shape index (κ2) is 6.59. The first-order chi connectivity index (χ1) is 10.5. The third-order valence-corrected chi connectivity index (χ3v) is 3.04. The fourth-order valence-corrected chi connectivity index (χ4v) is 1.98. The highest BCUT2D eigenvalue weighted by Gasteiger charge is 2.30. The van der Waals surface area contributed by atoms with Gasteiger partial charge < -0.3 is 24.5 Å². The smallest absolute Gasteiger partial charge is 0.466 e. The van der Waals surface area contributed by atoms with Crippen molar-refractivity contribution in [3.63, 3.8) is 0 Å². The quantitative estimate of drug-likeness (QED) is 0.447.